The molecular formula is C18H23N3O3. The van der Waals surface area contributed by atoms with Gasteiger partial charge in [-0.25, -0.2) is 0 Å². The Hall–Kier alpha value is -2.24. The summed E-state index contributed by atoms with van der Waals surface area (Å²) >= 11 is 0. The molecule has 3 rings (SSSR count). The zero-order chi connectivity index (χ0) is 17.1. The van der Waals surface area contributed by atoms with Crippen molar-refractivity contribution in [2.24, 2.45) is 11.8 Å². The van der Waals surface area contributed by atoms with Gasteiger partial charge in [-0.05, 0) is 25.0 Å². The molecule has 2 aliphatic rings. The average Bonchev–Trinajstić information content (AvgIpc) is 2.86. The van der Waals surface area contributed by atoms with Crippen LogP contribution in [0.25, 0.3) is 0 Å². The minimum atomic E-state index is -0.203. The Morgan fingerprint density at radius 1 is 1.21 bits per heavy atom. The fourth-order valence-corrected chi connectivity index (χ4v) is 3.60. The molecule has 2 atom stereocenters. The number of imide groups is 1. The van der Waals surface area contributed by atoms with Crippen molar-refractivity contribution in [3.8, 4) is 0 Å². The molecule has 6 heteroatoms. The lowest BCUT2D eigenvalue weighted by atomic mass is 9.81. The van der Waals surface area contributed by atoms with Crippen molar-refractivity contribution in [1.29, 1.82) is 0 Å². The highest BCUT2D eigenvalue weighted by Gasteiger charge is 2.48. The zero-order valence-corrected chi connectivity index (χ0v) is 14.0. The fraction of sp³-hybridized carbons (Fsp3) is 0.556. The van der Waals surface area contributed by atoms with Crippen molar-refractivity contribution in [2.75, 3.05) is 20.1 Å². The van der Waals surface area contributed by atoms with Gasteiger partial charge in [0.1, 0.15) is 6.54 Å². The monoisotopic (exact) mass is 329 g/mol. The van der Waals surface area contributed by atoms with Crippen molar-refractivity contribution in [3.05, 3.63) is 30.1 Å². The highest BCUT2D eigenvalue weighted by molar-refractivity contribution is 6.07. The van der Waals surface area contributed by atoms with Gasteiger partial charge in [0, 0.05) is 31.9 Å². The second-order valence-electron chi connectivity index (χ2n) is 6.65. The number of hydrogen-bond donors (Lipinski definition) is 0. The number of nitrogens with zero attached hydrogens (tertiary/aromatic N) is 3. The minimum Gasteiger partial charge on any atom is -0.344 e. The fourth-order valence-electron chi connectivity index (χ4n) is 3.60. The van der Waals surface area contributed by atoms with Crippen LogP contribution in [0, 0.1) is 11.8 Å². The number of pyridine rings is 1. The number of amides is 3. The van der Waals surface area contributed by atoms with Crippen LogP contribution in [0.2, 0.25) is 0 Å². The Morgan fingerprint density at radius 2 is 1.88 bits per heavy atom. The van der Waals surface area contributed by atoms with E-state index in [1.54, 1.807) is 18.1 Å². The molecule has 6 nitrogen and oxygen atoms in total. The molecular weight excluding hydrogens is 306 g/mol. The van der Waals surface area contributed by atoms with Gasteiger partial charge in [-0.2, -0.15) is 0 Å². The van der Waals surface area contributed by atoms with E-state index in [1.165, 1.54) is 4.90 Å². The molecule has 0 N–H and O–H groups in total. The molecule has 2 fully saturated rings. The Bertz CT molecular complexity index is 608. The van der Waals surface area contributed by atoms with Crippen LogP contribution in [-0.2, 0) is 20.8 Å². The first kappa shape index (κ1) is 16.6. The smallest absolute Gasteiger partial charge is 0.242 e. The van der Waals surface area contributed by atoms with Gasteiger partial charge in [-0.1, -0.05) is 18.9 Å². The predicted molar refractivity (Wildman–Crippen MR) is 87.7 cm³/mol. The van der Waals surface area contributed by atoms with E-state index in [-0.39, 0.29) is 36.1 Å². The van der Waals surface area contributed by atoms with Crippen LogP contribution in [0.1, 0.15) is 31.4 Å². The lowest BCUT2D eigenvalue weighted by Crippen LogP contribution is -2.42. The van der Waals surface area contributed by atoms with Crippen molar-refractivity contribution in [1.82, 2.24) is 14.8 Å². The van der Waals surface area contributed by atoms with Crippen molar-refractivity contribution < 1.29 is 14.4 Å². The van der Waals surface area contributed by atoms with E-state index in [2.05, 4.69) is 4.98 Å². The van der Waals surface area contributed by atoms with Gasteiger partial charge >= 0.3 is 0 Å². The van der Waals surface area contributed by atoms with E-state index in [0.717, 1.165) is 31.4 Å². The molecule has 1 aromatic heterocycles. The molecule has 128 valence electrons. The molecule has 0 aromatic carbocycles. The average molecular weight is 329 g/mol. The van der Waals surface area contributed by atoms with E-state index >= 15 is 0 Å². The first-order valence-electron chi connectivity index (χ1n) is 8.57. The SMILES string of the molecule is CN(CCc1ccccn1)C(=O)CN1C(=O)C2CCCCC2C1=O. The first-order valence-corrected chi connectivity index (χ1v) is 8.57. The van der Waals surface area contributed by atoms with Crippen LogP contribution in [0.5, 0.6) is 0 Å². The second kappa shape index (κ2) is 7.11. The summed E-state index contributed by atoms with van der Waals surface area (Å²) in [5.41, 5.74) is 0.913. The van der Waals surface area contributed by atoms with E-state index in [4.69, 9.17) is 0 Å². The maximum Gasteiger partial charge on any atom is 0.242 e. The molecule has 1 aliphatic carbocycles. The van der Waals surface area contributed by atoms with E-state index < -0.39 is 0 Å². The quantitative estimate of drug-likeness (QED) is 0.763. The summed E-state index contributed by atoms with van der Waals surface area (Å²) in [6.45, 7) is 0.377. The van der Waals surface area contributed by atoms with Gasteiger partial charge in [0.25, 0.3) is 0 Å². The molecule has 1 saturated carbocycles. The van der Waals surface area contributed by atoms with Crippen LogP contribution in [0.15, 0.2) is 24.4 Å². The summed E-state index contributed by atoms with van der Waals surface area (Å²) in [6, 6.07) is 5.67. The molecule has 0 spiro atoms. The molecule has 1 aromatic rings. The van der Waals surface area contributed by atoms with Gasteiger partial charge in [-0.3, -0.25) is 24.3 Å². The lowest BCUT2D eigenvalue weighted by molar-refractivity contribution is -0.146. The van der Waals surface area contributed by atoms with Gasteiger partial charge in [-0.15, -0.1) is 0 Å². The van der Waals surface area contributed by atoms with Gasteiger partial charge in [0.05, 0.1) is 11.8 Å². The summed E-state index contributed by atoms with van der Waals surface area (Å²) in [6.07, 6.45) is 5.90. The maximum absolute atomic E-state index is 12.4. The summed E-state index contributed by atoms with van der Waals surface area (Å²) in [5, 5.41) is 0. The van der Waals surface area contributed by atoms with E-state index in [1.807, 2.05) is 18.2 Å². The maximum atomic E-state index is 12.4. The summed E-state index contributed by atoms with van der Waals surface area (Å²) in [4.78, 5) is 44.2. The molecule has 1 aliphatic heterocycles. The number of fused-ring (bicyclic) bond motifs is 1. The zero-order valence-electron chi connectivity index (χ0n) is 14.0. The summed E-state index contributed by atoms with van der Waals surface area (Å²) in [7, 11) is 1.70. The number of hydrogen-bond acceptors (Lipinski definition) is 4. The topological polar surface area (TPSA) is 70.6 Å². The highest BCUT2D eigenvalue weighted by Crippen LogP contribution is 2.37. The largest absolute Gasteiger partial charge is 0.344 e. The highest BCUT2D eigenvalue weighted by atomic mass is 16.2. The van der Waals surface area contributed by atoms with Gasteiger partial charge in [0.2, 0.25) is 17.7 Å². The Kier molecular flexibility index (Phi) is 4.92. The summed E-state index contributed by atoms with van der Waals surface area (Å²) < 4.78 is 0. The van der Waals surface area contributed by atoms with Gasteiger partial charge < -0.3 is 4.90 Å². The molecule has 24 heavy (non-hydrogen) atoms. The number of aromatic nitrogens is 1. The molecule has 2 unspecified atom stereocenters. The molecule has 0 radical (unpaired) electrons. The minimum absolute atomic E-state index is 0.136. The molecule has 0 bridgehead atoms. The van der Waals surface area contributed by atoms with Crippen LogP contribution in [-0.4, -0.2) is 52.6 Å². The number of carbonyl (C=O) groups is 3. The van der Waals surface area contributed by atoms with Gasteiger partial charge in [0.15, 0.2) is 0 Å². The van der Waals surface area contributed by atoms with Crippen LogP contribution in [0.3, 0.4) is 0 Å². The third-order valence-electron chi connectivity index (χ3n) is 5.08. The molecule has 3 amide bonds. The normalized spacial score (nSPS) is 23.3. The standard InChI is InChI=1S/C18H23N3O3/c1-20(11-9-13-6-4-5-10-19-13)16(22)12-21-17(23)14-7-2-3-8-15(14)18(21)24/h4-6,10,14-15H,2-3,7-9,11-12H2,1H3. The van der Waals surface area contributed by atoms with Crippen LogP contribution >= 0.6 is 0 Å². The van der Waals surface area contributed by atoms with Crippen molar-refractivity contribution >= 4 is 17.7 Å². The first-order chi connectivity index (χ1) is 11.6. The summed E-state index contributed by atoms with van der Waals surface area (Å²) in [5.74, 6) is -0.908. The lowest BCUT2D eigenvalue weighted by Gasteiger charge is -2.21. The van der Waals surface area contributed by atoms with Crippen LogP contribution < -0.4 is 0 Å². The van der Waals surface area contributed by atoms with E-state index in [9.17, 15) is 14.4 Å². The molecule has 1 saturated heterocycles. The number of likely N-dealkylation sites (tertiary alicyclic amines) is 1. The Morgan fingerprint density at radius 3 is 2.46 bits per heavy atom. The molecule has 2 heterocycles. The number of likely N-dealkylation sites (N-methyl/N-ethyl adjacent to an activating group) is 1. The Labute approximate surface area is 141 Å². The van der Waals surface area contributed by atoms with Crippen molar-refractivity contribution in [3.63, 3.8) is 0 Å². The van der Waals surface area contributed by atoms with Crippen molar-refractivity contribution in [2.45, 2.75) is 32.1 Å². The number of carbonyl (C=O) groups excluding carboxylic acids is 3. The van der Waals surface area contributed by atoms with E-state index in [0.29, 0.717) is 13.0 Å². The number of rotatable bonds is 5. The third kappa shape index (κ3) is 3.32. The Balaban J connectivity index is 1.56. The third-order valence-corrected chi connectivity index (χ3v) is 5.08. The second-order valence-corrected chi connectivity index (χ2v) is 6.65. The van der Waals surface area contributed by atoms with Crippen LogP contribution in [0.4, 0.5) is 0 Å². The predicted octanol–water partition coefficient (Wildman–Crippen LogP) is 1.26.